The Morgan fingerprint density at radius 3 is 2.27 bits per heavy atom. The molecule has 7 rings (SSSR count). The van der Waals surface area contributed by atoms with Crippen molar-refractivity contribution in [1.82, 2.24) is 5.32 Å². The lowest BCUT2D eigenvalue weighted by atomic mass is 9.53. The topological polar surface area (TPSA) is 63.2 Å². The van der Waals surface area contributed by atoms with E-state index in [1.807, 2.05) is 6.08 Å². The number of amides is 2. The van der Waals surface area contributed by atoms with E-state index in [2.05, 4.69) is 76.9 Å². The predicted molar refractivity (Wildman–Crippen MR) is 144 cm³/mol. The Labute approximate surface area is 221 Å². The standard InChI is InChI=1S/C33H41NO3/c1-7-32(5)16-19(4)27-24-22(26-18(3)12-17(2)15-33(26,27)6)13-20-8-10-21(11-9-20)14-23-25(29(35)28(24)32)31(37)34-30(23)36/h7-11,16-18,22-28H,1,12-15H2,2-6H3,(H,34,36,37)/t17-,18+,22+,23?,24?,25-,26?,27?,28+,32+,33-/m1/s1. The van der Waals surface area contributed by atoms with Crippen LogP contribution in [0, 0.1) is 64.1 Å². The Balaban J connectivity index is 1.61. The Bertz CT molecular complexity index is 1210. The van der Waals surface area contributed by atoms with Gasteiger partial charge in [0.2, 0.25) is 11.8 Å². The van der Waals surface area contributed by atoms with E-state index in [9.17, 15) is 14.4 Å². The van der Waals surface area contributed by atoms with Crippen molar-refractivity contribution in [3.05, 3.63) is 59.7 Å². The number of benzene rings is 1. The molecule has 2 saturated carbocycles. The van der Waals surface area contributed by atoms with Crippen molar-refractivity contribution in [2.45, 2.75) is 60.3 Å². The molecule has 5 aliphatic carbocycles. The van der Waals surface area contributed by atoms with Crippen LogP contribution in [0.2, 0.25) is 0 Å². The molecular weight excluding hydrogens is 458 g/mol. The van der Waals surface area contributed by atoms with Gasteiger partial charge < -0.3 is 0 Å². The lowest BCUT2D eigenvalue weighted by molar-refractivity contribution is -0.140. The molecule has 4 nitrogen and oxygen atoms in total. The van der Waals surface area contributed by atoms with Gasteiger partial charge in [0.05, 0.1) is 5.92 Å². The number of hydrogen-bond acceptors (Lipinski definition) is 3. The van der Waals surface area contributed by atoms with E-state index < -0.39 is 23.2 Å². The summed E-state index contributed by atoms with van der Waals surface area (Å²) in [5.74, 6) is -0.266. The first-order valence-corrected chi connectivity index (χ1v) is 14.3. The van der Waals surface area contributed by atoms with Crippen LogP contribution >= 0.6 is 0 Å². The Morgan fingerprint density at radius 2 is 1.62 bits per heavy atom. The highest BCUT2D eigenvalue weighted by Crippen LogP contribution is 2.70. The summed E-state index contributed by atoms with van der Waals surface area (Å²) in [7, 11) is 0. The van der Waals surface area contributed by atoms with E-state index in [4.69, 9.17) is 0 Å². The second-order valence-corrected chi connectivity index (χ2v) is 13.8. The smallest absolute Gasteiger partial charge is 0.237 e. The molecule has 4 heteroatoms. The molecule has 2 bridgehead atoms. The number of rotatable bonds is 1. The minimum atomic E-state index is -0.934. The molecule has 1 aromatic carbocycles. The SMILES string of the molecule is C=C[C@@]1(C)C=C(C)C2C3[C@H](Cc4ccc(cc4)CC4C(=O)NC(=O)[C@H]4C(=O)[C@H]31)C1[C@@H](C)C[C@@H](C)C[C@@]21C. The van der Waals surface area contributed by atoms with Gasteiger partial charge in [-0.25, -0.2) is 0 Å². The van der Waals surface area contributed by atoms with Gasteiger partial charge in [0.25, 0.3) is 0 Å². The van der Waals surface area contributed by atoms with Gasteiger partial charge in [-0.3, -0.25) is 19.7 Å². The Hall–Kier alpha value is -2.49. The third-order valence-electron chi connectivity index (χ3n) is 11.3. The maximum absolute atomic E-state index is 14.8. The van der Waals surface area contributed by atoms with Gasteiger partial charge in [-0.1, -0.05) is 69.7 Å². The van der Waals surface area contributed by atoms with Crippen LogP contribution in [0.4, 0.5) is 0 Å². The van der Waals surface area contributed by atoms with Gasteiger partial charge in [0, 0.05) is 11.3 Å². The fraction of sp³-hybridized carbons (Fsp3) is 0.606. The second-order valence-electron chi connectivity index (χ2n) is 13.8. The highest BCUT2D eigenvalue weighted by molar-refractivity contribution is 6.16. The molecular formula is C33H41NO3. The van der Waals surface area contributed by atoms with E-state index >= 15 is 0 Å². The van der Waals surface area contributed by atoms with E-state index in [-0.39, 0.29) is 34.9 Å². The zero-order valence-corrected chi connectivity index (χ0v) is 22.9. The quantitative estimate of drug-likeness (QED) is 0.312. The number of ketones is 1. The van der Waals surface area contributed by atoms with Crippen LogP contribution in [-0.4, -0.2) is 17.6 Å². The van der Waals surface area contributed by atoms with Crippen molar-refractivity contribution in [2.24, 2.45) is 64.1 Å². The van der Waals surface area contributed by atoms with Gasteiger partial charge in [0.15, 0.2) is 5.78 Å². The fourth-order valence-corrected chi connectivity index (χ4v) is 10.6. The first-order chi connectivity index (χ1) is 17.5. The zero-order chi connectivity index (χ0) is 26.4. The molecule has 4 unspecified atom stereocenters. The molecule has 2 amide bonds. The molecule has 0 radical (unpaired) electrons. The lowest BCUT2D eigenvalue weighted by Gasteiger charge is -2.50. The summed E-state index contributed by atoms with van der Waals surface area (Å²) in [6.45, 7) is 15.9. The summed E-state index contributed by atoms with van der Waals surface area (Å²) >= 11 is 0. The molecule has 37 heavy (non-hydrogen) atoms. The van der Waals surface area contributed by atoms with Gasteiger partial charge in [-0.05, 0) is 84.7 Å². The summed E-state index contributed by atoms with van der Waals surface area (Å²) < 4.78 is 0. The molecule has 0 spiro atoms. The third kappa shape index (κ3) is 3.43. The maximum Gasteiger partial charge on any atom is 0.237 e. The first kappa shape index (κ1) is 24.8. The van der Waals surface area contributed by atoms with Crippen molar-refractivity contribution in [2.75, 3.05) is 0 Å². The number of Topliss-reactive ketones (excluding diaryl/α,β-unsaturated/α-hetero) is 1. The summed E-state index contributed by atoms with van der Waals surface area (Å²) in [6, 6.07) is 8.64. The van der Waals surface area contributed by atoms with Gasteiger partial charge in [-0.15, -0.1) is 6.58 Å². The highest BCUT2D eigenvalue weighted by Gasteiger charge is 2.67. The molecule has 1 saturated heterocycles. The van der Waals surface area contributed by atoms with Crippen LogP contribution < -0.4 is 5.32 Å². The Kier molecular flexibility index (Phi) is 5.54. The molecule has 0 aromatic heterocycles. The molecule has 6 aliphatic rings. The average molecular weight is 500 g/mol. The first-order valence-electron chi connectivity index (χ1n) is 14.3. The van der Waals surface area contributed by atoms with E-state index in [0.29, 0.717) is 30.1 Å². The molecule has 1 aromatic rings. The van der Waals surface area contributed by atoms with Crippen LogP contribution in [-0.2, 0) is 27.2 Å². The minimum Gasteiger partial charge on any atom is -0.298 e. The van der Waals surface area contributed by atoms with Crippen molar-refractivity contribution in [3.63, 3.8) is 0 Å². The van der Waals surface area contributed by atoms with Gasteiger partial charge >= 0.3 is 0 Å². The number of nitrogens with one attached hydrogen (secondary N) is 1. The van der Waals surface area contributed by atoms with Crippen LogP contribution in [0.25, 0.3) is 0 Å². The summed E-state index contributed by atoms with van der Waals surface area (Å²) in [5.41, 5.74) is 3.24. The predicted octanol–water partition coefficient (Wildman–Crippen LogP) is 5.56. The molecule has 1 aliphatic heterocycles. The number of hydrogen-bond donors (Lipinski definition) is 1. The molecule has 1 N–H and O–H groups in total. The number of allylic oxidation sites excluding steroid dienone is 3. The van der Waals surface area contributed by atoms with E-state index in [1.54, 1.807) is 0 Å². The largest absolute Gasteiger partial charge is 0.298 e. The van der Waals surface area contributed by atoms with Gasteiger partial charge in [0.1, 0.15) is 5.92 Å². The van der Waals surface area contributed by atoms with E-state index in [0.717, 1.165) is 12.0 Å². The monoisotopic (exact) mass is 499 g/mol. The molecule has 11 atom stereocenters. The van der Waals surface area contributed by atoms with Crippen molar-refractivity contribution < 1.29 is 14.4 Å². The average Bonchev–Trinajstić information content (AvgIpc) is 3.23. The van der Waals surface area contributed by atoms with Crippen LogP contribution in [0.1, 0.15) is 58.6 Å². The fourth-order valence-electron chi connectivity index (χ4n) is 10.6. The summed E-state index contributed by atoms with van der Waals surface area (Å²) in [6.07, 6.45) is 7.97. The number of imide groups is 1. The van der Waals surface area contributed by atoms with Crippen LogP contribution in [0.5, 0.6) is 0 Å². The zero-order valence-electron chi connectivity index (χ0n) is 22.9. The molecule has 1 heterocycles. The number of carbonyl (C=O) groups excluding carboxylic acids is 3. The number of carbonyl (C=O) groups is 3. The number of fused-ring (bicyclic) bond motifs is 4. The van der Waals surface area contributed by atoms with Gasteiger partial charge in [-0.2, -0.15) is 0 Å². The van der Waals surface area contributed by atoms with Crippen molar-refractivity contribution in [3.8, 4) is 0 Å². The van der Waals surface area contributed by atoms with E-state index in [1.165, 1.54) is 24.0 Å². The minimum absolute atomic E-state index is 0.0440. The molecule has 196 valence electrons. The highest BCUT2D eigenvalue weighted by atomic mass is 16.2. The Morgan fingerprint density at radius 1 is 0.973 bits per heavy atom. The van der Waals surface area contributed by atoms with Crippen LogP contribution in [0.15, 0.2) is 48.6 Å². The van der Waals surface area contributed by atoms with Crippen molar-refractivity contribution >= 4 is 17.6 Å². The maximum atomic E-state index is 14.8. The lowest BCUT2D eigenvalue weighted by Crippen LogP contribution is -2.49. The van der Waals surface area contributed by atoms with Crippen LogP contribution in [0.3, 0.4) is 0 Å². The summed E-state index contributed by atoms with van der Waals surface area (Å²) in [5, 5.41) is 2.53. The third-order valence-corrected chi connectivity index (χ3v) is 11.3. The normalized spacial score (nSPS) is 46.7. The summed E-state index contributed by atoms with van der Waals surface area (Å²) in [4.78, 5) is 41.0. The second kappa shape index (κ2) is 8.25. The molecule has 3 fully saturated rings. The van der Waals surface area contributed by atoms with Crippen molar-refractivity contribution in [1.29, 1.82) is 0 Å².